The lowest BCUT2D eigenvalue weighted by Gasteiger charge is -2.56. The Hall–Kier alpha value is -0.710. The largest absolute Gasteiger partial charge is 0.354 e. The van der Waals surface area contributed by atoms with Crippen LogP contribution < -0.4 is 0 Å². The molecule has 1 saturated heterocycles. The lowest BCUT2D eigenvalue weighted by molar-refractivity contribution is -0.183. The summed E-state index contributed by atoms with van der Waals surface area (Å²) in [5.41, 5.74) is 1.42. The van der Waals surface area contributed by atoms with E-state index in [4.69, 9.17) is 74.3 Å². The van der Waals surface area contributed by atoms with Crippen molar-refractivity contribution < 1.29 is 9.53 Å². The van der Waals surface area contributed by atoms with E-state index in [1.807, 2.05) is 37.3 Å². The molecule has 0 aromatic heterocycles. The normalized spacial score (nSPS) is 23.6. The Morgan fingerprint density at radius 3 is 1.90 bits per heavy atom. The number of hydrogen-bond acceptors (Lipinski definition) is 2. The van der Waals surface area contributed by atoms with Gasteiger partial charge in [0.2, 0.25) is 5.78 Å². The average Bonchev–Trinajstić information content (AvgIpc) is 2.68. The molecule has 1 spiro atoms. The summed E-state index contributed by atoms with van der Waals surface area (Å²) in [6.45, 7) is 1.99. The predicted molar refractivity (Wildman–Crippen MR) is 119 cm³/mol. The molecule has 1 fully saturated rings. The van der Waals surface area contributed by atoms with Crippen LogP contribution in [0, 0.1) is 6.92 Å². The Balaban J connectivity index is 1.92. The monoisotopic (exact) mass is 506 g/mol. The molecule has 0 amide bonds. The van der Waals surface area contributed by atoms with E-state index >= 15 is 0 Å². The van der Waals surface area contributed by atoms with E-state index in [-0.39, 0.29) is 20.1 Å². The number of ether oxygens (including phenoxy) is 1. The summed E-state index contributed by atoms with van der Waals surface area (Å²) < 4.78 is 6.27. The van der Waals surface area contributed by atoms with Crippen LogP contribution in [0.1, 0.15) is 28.7 Å². The first-order valence-electron chi connectivity index (χ1n) is 8.54. The second-order valence-electron chi connectivity index (χ2n) is 6.92. The molecular weight excluding hydrogens is 497 g/mol. The summed E-state index contributed by atoms with van der Waals surface area (Å²) in [5.74, 6) is -1.07. The van der Waals surface area contributed by atoms with Gasteiger partial charge < -0.3 is 4.74 Å². The van der Waals surface area contributed by atoms with Gasteiger partial charge >= 0.3 is 0 Å². The third-order valence-electron chi connectivity index (χ3n) is 5.20. The number of Topliss-reactive ketones (excluding diaryl/α,β-unsaturated/α-hetero) is 1. The quantitative estimate of drug-likeness (QED) is 0.412. The van der Waals surface area contributed by atoms with E-state index in [9.17, 15) is 4.79 Å². The molecule has 2 atom stereocenters. The Morgan fingerprint density at radius 2 is 1.34 bits per heavy atom. The molecule has 1 heterocycles. The summed E-state index contributed by atoms with van der Waals surface area (Å²) in [7, 11) is 0. The molecule has 1 aliphatic carbocycles. The third-order valence-corrected chi connectivity index (χ3v) is 7.79. The van der Waals surface area contributed by atoms with Crippen molar-refractivity contribution in [2.45, 2.75) is 24.5 Å². The van der Waals surface area contributed by atoms with Crippen molar-refractivity contribution in [1.82, 2.24) is 0 Å². The van der Waals surface area contributed by atoms with Crippen LogP contribution in [0.2, 0.25) is 10.0 Å². The van der Waals surface area contributed by atoms with Crippen LogP contribution in [-0.4, -0.2) is 11.4 Å². The molecule has 2 aromatic carbocycles. The smallest absolute Gasteiger partial charge is 0.218 e. The molecule has 2 aromatic rings. The van der Waals surface area contributed by atoms with Crippen molar-refractivity contribution in [3.05, 3.63) is 89.3 Å². The van der Waals surface area contributed by atoms with E-state index in [0.29, 0.717) is 10.0 Å². The van der Waals surface area contributed by atoms with E-state index in [2.05, 4.69) is 0 Å². The van der Waals surface area contributed by atoms with Crippen LogP contribution >= 0.6 is 69.6 Å². The molecule has 4 rings (SSSR count). The first kappa shape index (κ1) is 21.5. The van der Waals surface area contributed by atoms with Crippen LogP contribution in [0.3, 0.4) is 0 Å². The summed E-state index contributed by atoms with van der Waals surface area (Å²) in [5, 5.41) is 0.353. The minimum absolute atomic E-state index is 0.00185. The summed E-state index contributed by atoms with van der Waals surface area (Å²) in [6.07, 6.45) is -0.419. The van der Waals surface area contributed by atoms with Gasteiger partial charge in [0.15, 0.2) is 5.60 Å². The zero-order chi connectivity index (χ0) is 21.1. The summed E-state index contributed by atoms with van der Waals surface area (Å²) in [6, 6.07) is 13.1. The zero-order valence-corrected chi connectivity index (χ0v) is 19.3. The number of halogens is 6. The highest BCUT2D eigenvalue weighted by atomic mass is 35.5. The maximum Gasteiger partial charge on any atom is 0.218 e. The molecular formula is C21H12Cl6O2. The standard InChI is InChI=1S/C21H12Cl6O2/c1-9-2-4-10(5-3-9)18-14(11-6-7-12(22)13(23)8-11)21(29-18)19(26)15(24)17(28)16(25)20(21)27/h2-8,14,18H,1H3. The summed E-state index contributed by atoms with van der Waals surface area (Å²) in [4.78, 5) is 12.3. The summed E-state index contributed by atoms with van der Waals surface area (Å²) >= 11 is 37.8. The molecule has 0 N–H and O–H groups in total. The van der Waals surface area contributed by atoms with Gasteiger partial charge in [0.1, 0.15) is 10.1 Å². The molecule has 150 valence electrons. The minimum atomic E-state index is -1.38. The van der Waals surface area contributed by atoms with Gasteiger partial charge in [-0.3, -0.25) is 4.79 Å². The van der Waals surface area contributed by atoms with Gasteiger partial charge in [-0.15, -0.1) is 0 Å². The van der Waals surface area contributed by atoms with Crippen molar-refractivity contribution in [1.29, 1.82) is 0 Å². The fourth-order valence-corrected chi connectivity index (χ4v) is 5.27. The van der Waals surface area contributed by atoms with Crippen molar-refractivity contribution in [3.63, 3.8) is 0 Å². The molecule has 0 radical (unpaired) electrons. The van der Waals surface area contributed by atoms with E-state index < -0.39 is 23.4 Å². The Bertz CT molecular complexity index is 1060. The third kappa shape index (κ3) is 3.25. The molecule has 0 bridgehead atoms. The number of carbonyl (C=O) groups is 1. The number of benzene rings is 2. The fraction of sp³-hybridized carbons (Fsp3) is 0.190. The zero-order valence-electron chi connectivity index (χ0n) is 14.8. The van der Waals surface area contributed by atoms with Crippen molar-refractivity contribution in [3.8, 4) is 0 Å². The van der Waals surface area contributed by atoms with Crippen LogP contribution in [0.15, 0.2) is 62.6 Å². The molecule has 1 aliphatic heterocycles. The van der Waals surface area contributed by atoms with Gasteiger partial charge in [-0.1, -0.05) is 106 Å². The molecule has 2 nitrogen and oxygen atoms in total. The highest BCUT2D eigenvalue weighted by molar-refractivity contribution is 6.61. The van der Waals surface area contributed by atoms with Crippen LogP contribution in [-0.2, 0) is 9.53 Å². The van der Waals surface area contributed by atoms with Crippen molar-refractivity contribution >= 4 is 75.4 Å². The van der Waals surface area contributed by atoms with Crippen molar-refractivity contribution in [2.24, 2.45) is 0 Å². The number of hydrogen-bond donors (Lipinski definition) is 0. The first-order chi connectivity index (χ1) is 13.7. The van der Waals surface area contributed by atoms with Gasteiger partial charge in [0, 0.05) is 0 Å². The van der Waals surface area contributed by atoms with E-state index in [1.54, 1.807) is 12.1 Å². The topological polar surface area (TPSA) is 26.3 Å². The van der Waals surface area contributed by atoms with Gasteiger partial charge in [0.05, 0.1) is 32.1 Å². The molecule has 8 heteroatoms. The average molecular weight is 509 g/mol. The maximum atomic E-state index is 12.3. The number of aryl methyl sites for hydroxylation is 1. The van der Waals surface area contributed by atoms with Gasteiger partial charge in [0.25, 0.3) is 0 Å². The predicted octanol–water partition coefficient (Wildman–Crippen LogP) is 7.86. The van der Waals surface area contributed by atoms with Crippen LogP contribution in [0.4, 0.5) is 0 Å². The first-order valence-corrected chi connectivity index (χ1v) is 10.8. The van der Waals surface area contributed by atoms with Crippen molar-refractivity contribution in [2.75, 3.05) is 0 Å². The van der Waals surface area contributed by atoms with Crippen LogP contribution in [0.25, 0.3) is 0 Å². The highest BCUT2D eigenvalue weighted by Crippen LogP contribution is 2.65. The molecule has 2 unspecified atom stereocenters. The minimum Gasteiger partial charge on any atom is -0.354 e. The highest BCUT2D eigenvalue weighted by Gasteiger charge is 2.64. The lowest BCUT2D eigenvalue weighted by Crippen LogP contribution is -2.56. The second kappa shape index (κ2) is 7.76. The number of allylic oxidation sites excluding steroid dienone is 2. The lowest BCUT2D eigenvalue weighted by atomic mass is 9.68. The molecule has 2 aliphatic rings. The van der Waals surface area contributed by atoms with E-state index in [1.165, 1.54) is 0 Å². The number of rotatable bonds is 2. The van der Waals surface area contributed by atoms with Gasteiger partial charge in [-0.05, 0) is 30.2 Å². The Labute approximate surface area is 197 Å². The van der Waals surface area contributed by atoms with Crippen LogP contribution in [0.5, 0.6) is 0 Å². The van der Waals surface area contributed by atoms with Gasteiger partial charge in [-0.2, -0.15) is 0 Å². The SMILES string of the molecule is Cc1ccc(C2OC3(C(Cl)=C(Cl)C(=O)C(Cl)=C3Cl)C2c2ccc(Cl)c(Cl)c2)cc1. The van der Waals surface area contributed by atoms with E-state index in [0.717, 1.165) is 16.7 Å². The number of carbonyl (C=O) groups excluding carboxylic acids is 1. The fourth-order valence-electron chi connectivity index (χ4n) is 3.71. The molecule has 0 saturated carbocycles. The Kier molecular flexibility index (Phi) is 5.76. The van der Waals surface area contributed by atoms with Gasteiger partial charge in [-0.25, -0.2) is 0 Å². The maximum absolute atomic E-state index is 12.3. The second-order valence-corrected chi connectivity index (χ2v) is 9.25. The number of ketones is 1. The Morgan fingerprint density at radius 1 is 0.793 bits per heavy atom. The molecule has 29 heavy (non-hydrogen) atoms.